The number of aromatic nitrogens is 4. The summed E-state index contributed by atoms with van der Waals surface area (Å²) < 4.78 is 15.6. The lowest BCUT2D eigenvalue weighted by Gasteiger charge is -2.16. The maximum Gasteiger partial charge on any atom is 0.332 e. The number of thioether (sulfide) groups is 1. The summed E-state index contributed by atoms with van der Waals surface area (Å²) in [4.78, 5) is 47.0. The van der Waals surface area contributed by atoms with Gasteiger partial charge in [0.25, 0.3) is 5.56 Å². The molecule has 1 atom stereocenters. The Labute approximate surface area is 182 Å². The summed E-state index contributed by atoms with van der Waals surface area (Å²) >= 11 is 1.11. The first-order chi connectivity index (χ1) is 14.6. The van der Waals surface area contributed by atoms with Gasteiger partial charge in [0.15, 0.2) is 5.65 Å². The number of hydrogen-bond donors (Lipinski definition) is 1. The van der Waals surface area contributed by atoms with Crippen LogP contribution in [0.2, 0.25) is 0 Å². The molecule has 0 bridgehead atoms. The van der Waals surface area contributed by atoms with Gasteiger partial charge in [0, 0.05) is 19.3 Å². The zero-order valence-electron chi connectivity index (χ0n) is 18.0. The lowest BCUT2D eigenvalue weighted by molar-refractivity contribution is -0.115. The number of aryl methyl sites for hydroxylation is 1. The van der Waals surface area contributed by atoms with Crippen molar-refractivity contribution in [2.75, 3.05) is 5.32 Å². The summed E-state index contributed by atoms with van der Waals surface area (Å²) in [6.07, 6.45) is 0. The fraction of sp³-hybridized carbons (Fsp3) is 0.381. The van der Waals surface area contributed by atoms with Crippen molar-refractivity contribution < 1.29 is 9.18 Å². The molecule has 10 heteroatoms. The quantitative estimate of drug-likeness (QED) is 0.463. The number of fused-ring (bicyclic) bond motifs is 1. The molecule has 0 fully saturated rings. The number of hydrogen-bond acceptors (Lipinski definition) is 6. The summed E-state index contributed by atoms with van der Waals surface area (Å²) in [5.74, 6) is -0.170. The van der Waals surface area contributed by atoms with Gasteiger partial charge in [-0.15, -0.1) is 0 Å². The molecule has 164 valence electrons. The monoisotopic (exact) mass is 445 g/mol. The first kappa shape index (κ1) is 22.7. The normalized spacial score (nSPS) is 12.4. The molecular weight excluding hydrogens is 421 g/mol. The lowest BCUT2D eigenvalue weighted by atomic mass is 10.2. The molecular formula is C21H24FN5O3S. The molecule has 0 aliphatic heterocycles. The molecule has 31 heavy (non-hydrogen) atoms. The van der Waals surface area contributed by atoms with Gasteiger partial charge >= 0.3 is 5.69 Å². The molecule has 3 rings (SSSR count). The van der Waals surface area contributed by atoms with Crippen LogP contribution in [0, 0.1) is 18.7 Å². The second-order valence-electron chi connectivity index (χ2n) is 7.68. The Morgan fingerprint density at radius 3 is 2.42 bits per heavy atom. The highest BCUT2D eigenvalue weighted by Gasteiger charge is 2.22. The van der Waals surface area contributed by atoms with Crippen LogP contribution in [0.25, 0.3) is 11.0 Å². The smallest absolute Gasteiger partial charge is 0.325 e. The Bertz CT molecular complexity index is 1250. The van der Waals surface area contributed by atoms with Crippen LogP contribution in [0.1, 0.15) is 26.6 Å². The van der Waals surface area contributed by atoms with Crippen LogP contribution in [0.15, 0.2) is 38.9 Å². The van der Waals surface area contributed by atoms with E-state index in [1.54, 1.807) is 13.8 Å². The predicted octanol–water partition coefficient (Wildman–Crippen LogP) is 2.71. The average Bonchev–Trinajstić information content (AvgIpc) is 2.70. The van der Waals surface area contributed by atoms with E-state index >= 15 is 0 Å². The minimum absolute atomic E-state index is 0.158. The van der Waals surface area contributed by atoms with E-state index in [0.717, 1.165) is 16.3 Å². The average molecular weight is 446 g/mol. The molecule has 8 nitrogen and oxygen atoms in total. The van der Waals surface area contributed by atoms with Crippen LogP contribution in [0.4, 0.5) is 10.1 Å². The van der Waals surface area contributed by atoms with Crippen LogP contribution in [0.5, 0.6) is 0 Å². The van der Waals surface area contributed by atoms with Crippen molar-refractivity contribution in [3.63, 3.8) is 0 Å². The predicted molar refractivity (Wildman–Crippen MR) is 119 cm³/mol. The topological polar surface area (TPSA) is 98.9 Å². The van der Waals surface area contributed by atoms with Gasteiger partial charge in [0.1, 0.15) is 22.1 Å². The summed E-state index contributed by atoms with van der Waals surface area (Å²) in [6, 6.07) is 5.45. The van der Waals surface area contributed by atoms with Gasteiger partial charge in [0.2, 0.25) is 5.91 Å². The zero-order valence-corrected chi connectivity index (χ0v) is 18.8. The Hall–Kier alpha value is -3.01. The van der Waals surface area contributed by atoms with Gasteiger partial charge in [-0.3, -0.25) is 18.7 Å². The van der Waals surface area contributed by atoms with E-state index in [1.165, 1.54) is 35.9 Å². The van der Waals surface area contributed by atoms with E-state index in [1.807, 2.05) is 13.8 Å². The molecule has 2 aromatic heterocycles. The second-order valence-corrected chi connectivity index (χ2v) is 9.01. The Balaban J connectivity index is 2.02. The number of halogens is 1. The third kappa shape index (κ3) is 4.84. The first-order valence-corrected chi connectivity index (χ1v) is 10.7. The molecule has 3 aromatic rings. The maximum atomic E-state index is 13.1. The third-order valence-electron chi connectivity index (χ3n) is 4.58. The number of nitrogens with zero attached hydrogens (tertiary/aromatic N) is 4. The minimum atomic E-state index is -0.613. The molecule has 2 heterocycles. The van der Waals surface area contributed by atoms with Crippen molar-refractivity contribution in [2.24, 2.45) is 13.0 Å². The molecule has 0 unspecified atom stereocenters. The maximum absolute atomic E-state index is 13.1. The molecule has 0 radical (unpaired) electrons. The fourth-order valence-corrected chi connectivity index (χ4v) is 4.04. The summed E-state index contributed by atoms with van der Waals surface area (Å²) in [5, 5.41) is 2.65. The highest BCUT2D eigenvalue weighted by atomic mass is 32.2. The number of anilines is 1. The van der Waals surface area contributed by atoms with Gasteiger partial charge in [-0.25, -0.2) is 19.2 Å². The van der Waals surface area contributed by atoms with E-state index in [9.17, 15) is 18.8 Å². The highest BCUT2D eigenvalue weighted by Crippen LogP contribution is 2.27. The number of nitrogens with one attached hydrogen (secondary N) is 1. The lowest BCUT2D eigenvalue weighted by Crippen LogP contribution is -2.39. The second kappa shape index (κ2) is 9.01. The molecule has 0 saturated heterocycles. The molecule has 0 saturated carbocycles. The minimum Gasteiger partial charge on any atom is -0.325 e. The SMILES string of the molecule is Cc1nc(S[C@@H](C)C(=O)Nc2ccc(F)cc2)c2c(=O)n(C)c(=O)n(CC(C)C)c2n1. The first-order valence-electron chi connectivity index (χ1n) is 9.79. The van der Waals surface area contributed by atoms with Crippen molar-refractivity contribution >= 4 is 34.4 Å². The molecule has 1 N–H and O–H groups in total. The van der Waals surface area contributed by atoms with Gasteiger partial charge in [-0.05, 0) is 44.0 Å². The van der Waals surface area contributed by atoms with Crippen molar-refractivity contribution in [3.8, 4) is 0 Å². The van der Waals surface area contributed by atoms with E-state index in [0.29, 0.717) is 23.1 Å². The van der Waals surface area contributed by atoms with Crippen molar-refractivity contribution in [2.45, 2.75) is 44.5 Å². The van der Waals surface area contributed by atoms with Crippen LogP contribution in [-0.2, 0) is 18.4 Å². The molecule has 0 aliphatic carbocycles. The molecule has 0 spiro atoms. The van der Waals surface area contributed by atoms with E-state index in [2.05, 4.69) is 15.3 Å². The largest absolute Gasteiger partial charge is 0.332 e. The van der Waals surface area contributed by atoms with Gasteiger partial charge < -0.3 is 5.32 Å². The highest BCUT2D eigenvalue weighted by molar-refractivity contribution is 8.00. The number of amides is 1. The van der Waals surface area contributed by atoms with Crippen molar-refractivity contribution in [1.82, 2.24) is 19.1 Å². The number of rotatable bonds is 6. The van der Waals surface area contributed by atoms with Crippen molar-refractivity contribution in [3.05, 3.63) is 56.7 Å². The van der Waals surface area contributed by atoms with Gasteiger partial charge in [-0.1, -0.05) is 25.6 Å². The summed E-state index contributed by atoms with van der Waals surface area (Å²) in [6.45, 7) is 7.68. The standard InChI is InChI=1S/C21H24FN5O3S/c1-11(2)10-27-17-16(20(29)26(5)21(27)30)19(24-13(4)23-17)31-12(3)18(28)25-15-8-6-14(22)7-9-15/h6-9,11-12H,10H2,1-5H3,(H,25,28)/t12-/m0/s1. The number of carbonyl (C=O) groups is 1. The number of benzene rings is 1. The van der Waals surface area contributed by atoms with Gasteiger partial charge in [-0.2, -0.15) is 0 Å². The van der Waals surface area contributed by atoms with Crippen LogP contribution in [0.3, 0.4) is 0 Å². The van der Waals surface area contributed by atoms with E-state index < -0.39 is 22.3 Å². The fourth-order valence-electron chi connectivity index (χ4n) is 3.05. The zero-order chi connectivity index (χ0) is 22.9. The van der Waals surface area contributed by atoms with Gasteiger partial charge in [0.05, 0.1) is 5.25 Å². The van der Waals surface area contributed by atoms with Crippen LogP contribution < -0.4 is 16.6 Å². The summed E-state index contributed by atoms with van der Waals surface area (Å²) in [7, 11) is 1.42. The Kier molecular flexibility index (Phi) is 6.59. The van der Waals surface area contributed by atoms with Crippen LogP contribution >= 0.6 is 11.8 Å². The van der Waals surface area contributed by atoms with Crippen molar-refractivity contribution in [1.29, 1.82) is 0 Å². The number of carbonyl (C=O) groups excluding carboxylic acids is 1. The molecule has 1 amide bonds. The Morgan fingerprint density at radius 1 is 1.16 bits per heavy atom. The Morgan fingerprint density at radius 2 is 1.81 bits per heavy atom. The molecule has 0 aliphatic rings. The van der Waals surface area contributed by atoms with E-state index in [-0.39, 0.29) is 22.9 Å². The van der Waals surface area contributed by atoms with Crippen LogP contribution in [-0.4, -0.2) is 30.3 Å². The third-order valence-corrected chi connectivity index (χ3v) is 5.66. The van der Waals surface area contributed by atoms with E-state index in [4.69, 9.17) is 0 Å². The summed E-state index contributed by atoms with van der Waals surface area (Å²) in [5.41, 5.74) is -0.219. The molecule has 1 aromatic carbocycles.